The first-order chi connectivity index (χ1) is 5.66. The van der Waals surface area contributed by atoms with Crippen molar-refractivity contribution in [1.82, 2.24) is 0 Å². The van der Waals surface area contributed by atoms with Crippen LogP contribution in [-0.2, 0) is 9.53 Å². The van der Waals surface area contributed by atoms with E-state index in [-0.39, 0.29) is 0 Å². The summed E-state index contributed by atoms with van der Waals surface area (Å²) in [5.41, 5.74) is 0. The molecule has 0 rings (SSSR count). The SMILES string of the molecule is CCOCCCC(C)CC(C)=O. The summed E-state index contributed by atoms with van der Waals surface area (Å²) in [5.74, 6) is 0.807. The van der Waals surface area contributed by atoms with Gasteiger partial charge in [0.25, 0.3) is 0 Å². The van der Waals surface area contributed by atoms with E-state index in [9.17, 15) is 4.79 Å². The fourth-order valence-electron chi connectivity index (χ4n) is 1.27. The highest BCUT2D eigenvalue weighted by atomic mass is 16.5. The molecule has 2 nitrogen and oxygen atoms in total. The van der Waals surface area contributed by atoms with E-state index in [0.29, 0.717) is 18.1 Å². The molecule has 0 aliphatic rings. The molecule has 0 heterocycles. The Balaban J connectivity index is 3.19. The number of ether oxygens (including phenoxy) is 1. The highest BCUT2D eigenvalue weighted by Gasteiger charge is 2.04. The Kier molecular flexibility index (Phi) is 7.06. The van der Waals surface area contributed by atoms with Crippen LogP contribution >= 0.6 is 0 Å². The molecule has 0 saturated heterocycles. The fraction of sp³-hybridized carbons (Fsp3) is 0.900. The van der Waals surface area contributed by atoms with Crippen LogP contribution in [-0.4, -0.2) is 19.0 Å². The van der Waals surface area contributed by atoms with Gasteiger partial charge in [-0.2, -0.15) is 0 Å². The van der Waals surface area contributed by atoms with Crippen molar-refractivity contribution in [3.63, 3.8) is 0 Å². The molecule has 1 unspecified atom stereocenters. The topological polar surface area (TPSA) is 26.3 Å². The predicted octanol–water partition coefficient (Wildman–Crippen LogP) is 2.42. The molecule has 1 atom stereocenters. The maximum absolute atomic E-state index is 10.7. The van der Waals surface area contributed by atoms with Crippen molar-refractivity contribution in [1.29, 1.82) is 0 Å². The summed E-state index contributed by atoms with van der Waals surface area (Å²) in [5, 5.41) is 0. The van der Waals surface area contributed by atoms with Crippen molar-refractivity contribution in [2.24, 2.45) is 5.92 Å². The number of ketones is 1. The number of carbonyl (C=O) groups excluding carboxylic acids is 1. The fourth-order valence-corrected chi connectivity index (χ4v) is 1.27. The summed E-state index contributed by atoms with van der Waals surface area (Å²) in [6.45, 7) is 7.39. The molecule has 2 heteroatoms. The van der Waals surface area contributed by atoms with E-state index in [2.05, 4.69) is 6.92 Å². The van der Waals surface area contributed by atoms with Crippen LogP contribution in [0.3, 0.4) is 0 Å². The molecule has 0 aliphatic heterocycles. The highest BCUT2D eigenvalue weighted by Crippen LogP contribution is 2.10. The second-order valence-electron chi connectivity index (χ2n) is 3.35. The Morgan fingerprint density at radius 3 is 2.67 bits per heavy atom. The number of carbonyl (C=O) groups is 1. The lowest BCUT2D eigenvalue weighted by Gasteiger charge is -2.08. The molecular formula is C10H20O2. The molecule has 0 aromatic rings. The minimum absolute atomic E-state index is 0.291. The molecule has 72 valence electrons. The molecule has 0 aromatic heterocycles. The summed E-state index contributed by atoms with van der Waals surface area (Å²) in [4.78, 5) is 10.7. The van der Waals surface area contributed by atoms with Crippen molar-refractivity contribution in [3.05, 3.63) is 0 Å². The molecule has 0 amide bonds. The van der Waals surface area contributed by atoms with Gasteiger partial charge in [0.2, 0.25) is 0 Å². The third-order valence-corrected chi connectivity index (χ3v) is 1.83. The van der Waals surface area contributed by atoms with E-state index in [1.54, 1.807) is 6.92 Å². The van der Waals surface area contributed by atoms with Gasteiger partial charge in [0.05, 0.1) is 0 Å². The summed E-state index contributed by atoms with van der Waals surface area (Å²) in [6.07, 6.45) is 2.88. The Morgan fingerprint density at radius 2 is 2.17 bits per heavy atom. The average Bonchev–Trinajstić information content (AvgIpc) is 1.97. The van der Waals surface area contributed by atoms with Crippen LogP contribution in [0.2, 0.25) is 0 Å². The molecule has 0 spiro atoms. The molecule has 0 N–H and O–H groups in total. The van der Waals surface area contributed by atoms with Gasteiger partial charge in [0.1, 0.15) is 5.78 Å². The molecule has 0 aliphatic carbocycles. The van der Waals surface area contributed by atoms with Crippen molar-refractivity contribution in [3.8, 4) is 0 Å². The molecule has 0 saturated carbocycles. The number of hydrogen-bond acceptors (Lipinski definition) is 2. The van der Waals surface area contributed by atoms with Crippen molar-refractivity contribution in [2.75, 3.05) is 13.2 Å². The third kappa shape index (κ3) is 7.73. The summed E-state index contributed by atoms with van der Waals surface area (Å²) >= 11 is 0. The smallest absolute Gasteiger partial charge is 0.130 e. The second kappa shape index (κ2) is 7.29. The first-order valence-corrected chi connectivity index (χ1v) is 4.74. The van der Waals surface area contributed by atoms with E-state index >= 15 is 0 Å². The minimum atomic E-state index is 0.291. The van der Waals surface area contributed by atoms with Crippen molar-refractivity contribution in [2.45, 2.75) is 40.0 Å². The van der Waals surface area contributed by atoms with Gasteiger partial charge >= 0.3 is 0 Å². The van der Waals surface area contributed by atoms with Crippen LogP contribution in [0.5, 0.6) is 0 Å². The zero-order valence-electron chi connectivity index (χ0n) is 8.43. The number of Topliss-reactive ketones (excluding diaryl/α,β-unsaturated/α-hetero) is 1. The van der Waals surface area contributed by atoms with Gasteiger partial charge in [-0.3, -0.25) is 0 Å². The van der Waals surface area contributed by atoms with E-state index < -0.39 is 0 Å². The predicted molar refractivity (Wildman–Crippen MR) is 50.2 cm³/mol. The van der Waals surface area contributed by atoms with Gasteiger partial charge in [-0.1, -0.05) is 6.92 Å². The standard InChI is InChI=1S/C10H20O2/c1-4-12-7-5-6-9(2)8-10(3)11/h9H,4-8H2,1-3H3. The normalized spacial score (nSPS) is 12.9. The van der Waals surface area contributed by atoms with Gasteiger partial charge in [-0.15, -0.1) is 0 Å². The van der Waals surface area contributed by atoms with Gasteiger partial charge in [-0.25, -0.2) is 0 Å². The molecule has 12 heavy (non-hydrogen) atoms. The van der Waals surface area contributed by atoms with E-state index in [1.165, 1.54) is 0 Å². The summed E-state index contributed by atoms with van der Waals surface area (Å²) in [7, 11) is 0. The first-order valence-electron chi connectivity index (χ1n) is 4.74. The Bertz CT molecular complexity index is 121. The summed E-state index contributed by atoms with van der Waals surface area (Å²) < 4.78 is 5.20. The Morgan fingerprint density at radius 1 is 1.50 bits per heavy atom. The summed E-state index contributed by atoms with van der Waals surface area (Å²) in [6, 6.07) is 0. The van der Waals surface area contributed by atoms with Gasteiger partial charge in [0, 0.05) is 19.6 Å². The van der Waals surface area contributed by atoms with Crippen LogP contribution in [0.25, 0.3) is 0 Å². The van der Waals surface area contributed by atoms with Crippen LogP contribution in [0.4, 0.5) is 0 Å². The van der Waals surface area contributed by atoms with Crippen LogP contribution in [0, 0.1) is 5.92 Å². The van der Waals surface area contributed by atoms with Crippen LogP contribution in [0.15, 0.2) is 0 Å². The second-order valence-corrected chi connectivity index (χ2v) is 3.35. The van der Waals surface area contributed by atoms with E-state index in [0.717, 1.165) is 26.1 Å². The Hall–Kier alpha value is -0.370. The maximum atomic E-state index is 10.7. The average molecular weight is 172 g/mol. The van der Waals surface area contributed by atoms with Crippen molar-refractivity contribution >= 4 is 5.78 Å². The van der Waals surface area contributed by atoms with Crippen molar-refractivity contribution < 1.29 is 9.53 Å². The lowest BCUT2D eigenvalue weighted by molar-refractivity contribution is -0.117. The molecular weight excluding hydrogens is 152 g/mol. The first kappa shape index (κ1) is 11.6. The van der Waals surface area contributed by atoms with Gasteiger partial charge in [0.15, 0.2) is 0 Å². The highest BCUT2D eigenvalue weighted by molar-refractivity contribution is 5.75. The quantitative estimate of drug-likeness (QED) is 0.551. The lowest BCUT2D eigenvalue weighted by Crippen LogP contribution is -2.03. The molecule has 0 fully saturated rings. The zero-order valence-corrected chi connectivity index (χ0v) is 8.43. The van der Waals surface area contributed by atoms with Crippen LogP contribution in [0.1, 0.15) is 40.0 Å². The molecule has 0 aromatic carbocycles. The monoisotopic (exact) mass is 172 g/mol. The number of rotatable bonds is 7. The maximum Gasteiger partial charge on any atom is 0.130 e. The van der Waals surface area contributed by atoms with E-state index in [1.807, 2.05) is 6.92 Å². The molecule has 0 radical (unpaired) electrons. The van der Waals surface area contributed by atoms with E-state index in [4.69, 9.17) is 4.74 Å². The largest absolute Gasteiger partial charge is 0.382 e. The van der Waals surface area contributed by atoms with Gasteiger partial charge < -0.3 is 9.53 Å². The number of hydrogen-bond donors (Lipinski definition) is 0. The minimum Gasteiger partial charge on any atom is -0.382 e. The van der Waals surface area contributed by atoms with Gasteiger partial charge in [-0.05, 0) is 32.6 Å². The lowest BCUT2D eigenvalue weighted by atomic mass is 10.0. The molecule has 0 bridgehead atoms. The Labute approximate surface area is 75.3 Å². The zero-order chi connectivity index (χ0) is 9.40. The third-order valence-electron chi connectivity index (χ3n) is 1.83. The van der Waals surface area contributed by atoms with Crippen LogP contribution < -0.4 is 0 Å².